The number of aryl methyl sites for hydroxylation is 1. The Morgan fingerprint density at radius 3 is 2.67 bits per heavy atom. The molecule has 1 fully saturated rings. The highest BCUT2D eigenvalue weighted by molar-refractivity contribution is 5.92. The molecule has 2 aromatic carbocycles. The minimum atomic E-state index is -0.273. The first-order valence-electron chi connectivity index (χ1n) is 13.7. The zero-order valence-corrected chi connectivity index (χ0v) is 23.5. The normalized spacial score (nSPS) is 13.6. The van der Waals surface area contributed by atoms with Crippen LogP contribution in [-0.4, -0.2) is 50.9 Å². The molecule has 9 heteroatoms. The van der Waals surface area contributed by atoms with E-state index in [0.717, 1.165) is 35.6 Å². The van der Waals surface area contributed by atoms with Gasteiger partial charge in [0.15, 0.2) is 0 Å². The number of pyridine rings is 1. The van der Waals surface area contributed by atoms with E-state index < -0.39 is 0 Å². The van der Waals surface area contributed by atoms with Crippen molar-refractivity contribution in [2.75, 3.05) is 25.0 Å². The minimum absolute atomic E-state index is 0.0543. The van der Waals surface area contributed by atoms with Crippen LogP contribution in [-0.2, 0) is 17.3 Å². The lowest BCUT2D eigenvalue weighted by atomic mass is 9.87. The van der Waals surface area contributed by atoms with E-state index in [0.29, 0.717) is 37.4 Å². The van der Waals surface area contributed by atoms with E-state index >= 15 is 0 Å². The minimum Gasteiger partial charge on any atom is -0.457 e. The molecular weight excluding hydrogens is 504 g/mol. The van der Waals surface area contributed by atoms with E-state index in [1.165, 1.54) is 5.56 Å². The van der Waals surface area contributed by atoms with Crippen molar-refractivity contribution >= 4 is 34.5 Å². The van der Waals surface area contributed by atoms with Gasteiger partial charge in [-0.05, 0) is 54.2 Å². The molecular formula is C31H36N6O3. The van der Waals surface area contributed by atoms with Crippen LogP contribution < -0.4 is 15.4 Å². The molecule has 5 rings (SSSR count). The van der Waals surface area contributed by atoms with Crippen molar-refractivity contribution < 1.29 is 14.3 Å². The lowest BCUT2D eigenvalue weighted by Gasteiger charge is -2.20. The second kappa shape index (κ2) is 11.4. The molecule has 0 spiro atoms. The number of aromatic nitrogens is 3. The number of hydrogen-bond acceptors (Lipinski definition) is 6. The fraction of sp³-hybridized carbons (Fsp3) is 0.355. The highest BCUT2D eigenvalue weighted by Crippen LogP contribution is 2.30. The van der Waals surface area contributed by atoms with Crippen LogP contribution in [0, 0.1) is 0 Å². The van der Waals surface area contributed by atoms with Crippen molar-refractivity contribution in [3.05, 3.63) is 72.1 Å². The summed E-state index contributed by atoms with van der Waals surface area (Å²) in [6.07, 6.45) is 3.80. The molecule has 1 aliphatic rings. The number of fused-ring (bicyclic) bond motifs is 1. The summed E-state index contributed by atoms with van der Waals surface area (Å²) in [4.78, 5) is 35.2. The molecule has 0 atom stereocenters. The second-order valence-corrected chi connectivity index (χ2v) is 11.2. The third-order valence-corrected chi connectivity index (χ3v) is 7.10. The number of nitrogens with one attached hydrogen (secondary N) is 2. The predicted molar refractivity (Wildman–Crippen MR) is 156 cm³/mol. The van der Waals surface area contributed by atoms with Crippen LogP contribution in [0.5, 0.6) is 11.5 Å². The monoisotopic (exact) mass is 540 g/mol. The van der Waals surface area contributed by atoms with Crippen molar-refractivity contribution in [3.8, 4) is 11.5 Å². The SMILES string of the molecule is Cn1c(Nc2cccc(C(C)(C)C)c2)nc2cc(Oc3ccnc(C(=O)NCCCN4CCCC4=O)c3)ccc21. The number of carbonyl (C=O) groups is 2. The van der Waals surface area contributed by atoms with E-state index in [1.54, 1.807) is 18.3 Å². The van der Waals surface area contributed by atoms with Gasteiger partial charge in [-0.15, -0.1) is 0 Å². The Hall–Kier alpha value is -4.40. The Morgan fingerprint density at radius 2 is 1.90 bits per heavy atom. The summed E-state index contributed by atoms with van der Waals surface area (Å²) in [6.45, 7) is 8.53. The molecule has 1 aliphatic heterocycles. The Morgan fingerprint density at radius 1 is 1.07 bits per heavy atom. The van der Waals surface area contributed by atoms with Gasteiger partial charge >= 0.3 is 0 Å². The summed E-state index contributed by atoms with van der Waals surface area (Å²) < 4.78 is 8.08. The quantitative estimate of drug-likeness (QED) is 0.270. The number of nitrogens with zero attached hydrogens (tertiary/aromatic N) is 4. The Kier molecular flexibility index (Phi) is 7.73. The van der Waals surface area contributed by atoms with Crippen LogP contribution in [0.25, 0.3) is 11.0 Å². The zero-order chi connectivity index (χ0) is 28.3. The third kappa shape index (κ3) is 6.25. The number of anilines is 2. The van der Waals surface area contributed by atoms with Crippen molar-refractivity contribution in [2.24, 2.45) is 7.05 Å². The van der Waals surface area contributed by atoms with Crippen molar-refractivity contribution in [1.82, 2.24) is 24.8 Å². The van der Waals surface area contributed by atoms with Gasteiger partial charge in [-0.3, -0.25) is 14.6 Å². The average Bonchev–Trinajstić information content (AvgIpc) is 3.48. The zero-order valence-electron chi connectivity index (χ0n) is 23.5. The van der Waals surface area contributed by atoms with Crippen molar-refractivity contribution in [2.45, 2.75) is 45.4 Å². The molecule has 0 saturated carbocycles. The summed E-state index contributed by atoms with van der Waals surface area (Å²) in [5.41, 5.74) is 4.31. The number of likely N-dealkylation sites (tertiary alicyclic amines) is 1. The summed E-state index contributed by atoms with van der Waals surface area (Å²) in [5, 5.41) is 6.32. The number of carbonyl (C=O) groups excluding carboxylic acids is 2. The first kappa shape index (κ1) is 27.2. The van der Waals surface area contributed by atoms with Gasteiger partial charge in [-0.1, -0.05) is 32.9 Å². The average molecular weight is 541 g/mol. The van der Waals surface area contributed by atoms with Crippen LogP contribution in [0.4, 0.5) is 11.6 Å². The molecule has 3 heterocycles. The van der Waals surface area contributed by atoms with Crippen molar-refractivity contribution in [3.63, 3.8) is 0 Å². The van der Waals surface area contributed by atoms with E-state index in [-0.39, 0.29) is 22.9 Å². The standard InChI is InChI=1S/C31H36N6O3/c1-31(2,3)21-8-5-9-22(18-21)34-30-35-25-19-23(11-12-27(25)36(30)4)40-24-13-15-32-26(20-24)29(39)33-14-7-17-37-16-6-10-28(37)38/h5,8-9,11-13,15,18-20H,6-7,10,14,16-17H2,1-4H3,(H,33,39)(H,34,35). The molecule has 40 heavy (non-hydrogen) atoms. The van der Waals surface area contributed by atoms with Crippen molar-refractivity contribution in [1.29, 1.82) is 0 Å². The molecule has 0 radical (unpaired) electrons. The molecule has 2 amide bonds. The van der Waals surface area contributed by atoms with Gasteiger partial charge in [0.25, 0.3) is 5.91 Å². The Balaban J connectivity index is 1.23. The van der Waals surface area contributed by atoms with E-state index in [9.17, 15) is 9.59 Å². The fourth-order valence-electron chi connectivity index (χ4n) is 4.79. The number of hydrogen-bond donors (Lipinski definition) is 2. The molecule has 0 unspecified atom stereocenters. The number of benzene rings is 2. The lowest BCUT2D eigenvalue weighted by Crippen LogP contribution is -2.30. The third-order valence-electron chi connectivity index (χ3n) is 7.10. The van der Waals surface area contributed by atoms with Crippen LogP contribution in [0.15, 0.2) is 60.8 Å². The molecule has 0 aliphatic carbocycles. The molecule has 208 valence electrons. The van der Waals surface area contributed by atoms with Gasteiger partial charge in [0.05, 0.1) is 11.0 Å². The van der Waals surface area contributed by atoms with Gasteiger partial charge < -0.3 is 24.8 Å². The van der Waals surface area contributed by atoms with Crippen LogP contribution in [0.2, 0.25) is 0 Å². The van der Waals surface area contributed by atoms with Crippen LogP contribution in [0.3, 0.4) is 0 Å². The lowest BCUT2D eigenvalue weighted by molar-refractivity contribution is -0.127. The van der Waals surface area contributed by atoms with Crippen LogP contribution in [0.1, 0.15) is 56.1 Å². The molecule has 4 aromatic rings. The number of imidazole rings is 1. The Bertz CT molecular complexity index is 1540. The van der Waals surface area contributed by atoms with Gasteiger partial charge in [-0.2, -0.15) is 0 Å². The van der Waals surface area contributed by atoms with Gasteiger partial charge in [0.1, 0.15) is 17.2 Å². The van der Waals surface area contributed by atoms with Crippen LogP contribution >= 0.6 is 0 Å². The number of rotatable bonds is 9. The molecule has 9 nitrogen and oxygen atoms in total. The largest absolute Gasteiger partial charge is 0.457 e. The van der Waals surface area contributed by atoms with Gasteiger partial charge in [0, 0.05) is 57.1 Å². The molecule has 2 N–H and O–H groups in total. The highest BCUT2D eigenvalue weighted by atomic mass is 16.5. The van der Waals surface area contributed by atoms with Gasteiger partial charge in [-0.25, -0.2) is 4.98 Å². The van der Waals surface area contributed by atoms with E-state index in [2.05, 4.69) is 54.6 Å². The summed E-state index contributed by atoms with van der Waals surface area (Å²) in [5.74, 6) is 1.77. The highest BCUT2D eigenvalue weighted by Gasteiger charge is 2.19. The summed E-state index contributed by atoms with van der Waals surface area (Å²) in [7, 11) is 1.97. The number of amides is 2. The predicted octanol–water partition coefficient (Wildman–Crippen LogP) is 5.54. The number of ether oxygens (including phenoxy) is 1. The maximum Gasteiger partial charge on any atom is 0.270 e. The Labute approximate surface area is 234 Å². The molecule has 2 aromatic heterocycles. The first-order valence-corrected chi connectivity index (χ1v) is 13.7. The first-order chi connectivity index (χ1) is 19.2. The summed E-state index contributed by atoms with van der Waals surface area (Å²) >= 11 is 0. The fourth-order valence-corrected chi connectivity index (χ4v) is 4.79. The van der Waals surface area contributed by atoms with E-state index in [1.807, 2.05) is 40.8 Å². The maximum absolute atomic E-state index is 12.6. The topological polar surface area (TPSA) is 101 Å². The smallest absolute Gasteiger partial charge is 0.270 e. The molecule has 1 saturated heterocycles. The maximum atomic E-state index is 12.6. The van der Waals surface area contributed by atoms with E-state index in [4.69, 9.17) is 9.72 Å². The summed E-state index contributed by atoms with van der Waals surface area (Å²) in [6, 6.07) is 17.4. The molecule has 0 bridgehead atoms. The van der Waals surface area contributed by atoms with Gasteiger partial charge in [0.2, 0.25) is 11.9 Å². The second-order valence-electron chi connectivity index (χ2n) is 11.2.